The summed E-state index contributed by atoms with van der Waals surface area (Å²) in [6, 6.07) is 22.8. The molecule has 2 aliphatic heterocycles. The Kier molecular flexibility index (Phi) is 6.09. The van der Waals surface area contributed by atoms with Crippen molar-refractivity contribution in [3.63, 3.8) is 0 Å². The monoisotopic (exact) mass is 545 g/mol. The van der Waals surface area contributed by atoms with Crippen molar-refractivity contribution in [3.05, 3.63) is 71.8 Å². The maximum Gasteiger partial charge on any atom is 0.0842 e. The lowest BCUT2D eigenvalue weighted by Crippen LogP contribution is -2.76. The van der Waals surface area contributed by atoms with E-state index in [1.54, 1.807) is 5.56 Å². The lowest BCUT2D eigenvalue weighted by atomic mass is 9.36. The van der Waals surface area contributed by atoms with Gasteiger partial charge in [0.15, 0.2) is 0 Å². The number of thiocarbonyl (C=S) groups is 1. The van der Waals surface area contributed by atoms with Crippen molar-refractivity contribution in [3.8, 4) is 0 Å². The number of hydrogen-bond acceptors (Lipinski definition) is 4. The molecule has 202 valence electrons. The Balaban J connectivity index is 1.21. The zero-order chi connectivity index (χ0) is 26.2. The van der Waals surface area contributed by atoms with E-state index in [2.05, 4.69) is 95.7 Å². The van der Waals surface area contributed by atoms with Gasteiger partial charge >= 0.3 is 0 Å². The van der Waals surface area contributed by atoms with Crippen LogP contribution in [0.1, 0.15) is 69.9 Å². The molecule has 2 aromatic carbocycles. The molecule has 2 N–H and O–H groups in total. The van der Waals surface area contributed by atoms with Gasteiger partial charge in [-0.15, -0.1) is 0 Å². The summed E-state index contributed by atoms with van der Waals surface area (Å²) in [7, 11) is 0. The number of likely N-dealkylation sites (tertiary alicyclic amines) is 1. The fraction of sp³-hybridized carbons (Fsp3) is 0.606. The summed E-state index contributed by atoms with van der Waals surface area (Å²) in [4.78, 5) is 3.88. The largest absolute Gasteiger partial charge is 0.365 e. The molecule has 4 aliphatic carbocycles. The molecule has 0 aromatic heterocycles. The molecule has 4 bridgehead atoms. The Morgan fingerprint density at radius 1 is 0.947 bits per heavy atom. The zero-order valence-electron chi connectivity index (χ0n) is 23.1. The highest BCUT2D eigenvalue weighted by atomic mass is 32.2. The van der Waals surface area contributed by atoms with E-state index in [0.717, 1.165) is 37.1 Å². The highest BCUT2D eigenvalue weighted by molar-refractivity contribution is 7.96. The van der Waals surface area contributed by atoms with E-state index in [-0.39, 0.29) is 22.3 Å². The predicted molar refractivity (Wildman–Crippen MR) is 163 cm³/mol. The second-order valence-corrected chi connectivity index (χ2v) is 15.4. The molecule has 0 amide bonds. The van der Waals surface area contributed by atoms with Gasteiger partial charge < -0.3 is 10.6 Å². The minimum absolute atomic E-state index is 0.113. The van der Waals surface area contributed by atoms with Crippen LogP contribution in [0.5, 0.6) is 0 Å². The first-order valence-electron chi connectivity index (χ1n) is 14.8. The first kappa shape index (κ1) is 25.6. The van der Waals surface area contributed by atoms with E-state index in [0.29, 0.717) is 5.54 Å². The molecule has 2 saturated heterocycles. The molecular weight excluding hydrogens is 503 g/mol. The molecule has 2 aromatic rings. The average molecular weight is 546 g/mol. The summed E-state index contributed by atoms with van der Waals surface area (Å²) >= 11 is 8.65. The van der Waals surface area contributed by atoms with Gasteiger partial charge in [0.25, 0.3) is 0 Å². The third-order valence-electron chi connectivity index (χ3n) is 11.5. The van der Waals surface area contributed by atoms with E-state index in [1.807, 2.05) is 0 Å². The molecule has 8 rings (SSSR count). The smallest absolute Gasteiger partial charge is 0.0842 e. The first-order chi connectivity index (χ1) is 18.3. The fourth-order valence-electron chi connectivity index (χ4n) is 9.62. The summed E-state index contributed by atoms with van der Waals surface area (Å²) < 4.78 is 2.84. The van der Waals surface area contributed by atoms with Crippen LogP contribution < -0.4 is 5.73 Å². The van der Waals surface area contributed by atoms with Gasteiger partial charge in [-0.25, -0.2) is 4.31 Å². The minimum atomic E-state index is 0.113. The molecule has 38 heavy (non-hydrogen) atoms. The molecule has 0 radical (unpaired) electrons. The summed E-state index contributed by atoms with van der Waals surface area (Å²) in [5.41, 5.74) is 10.5. The van der Waals surface area contributed by atoms with Crippen LogP contribution in [0.4, 0.5) is 0 Å². The van der Waals surface area contributed by atoms with Crippen molar-refractivity contribution in [1.29, 1.82) is 0 Å². The quantitative estimate of drug-likeness (QED) is 0.329. The Bertz CT molecular complexity index is 1180. The fourth-order valence-corrected chi connectivity index (χ4v) is 11.4. The highest BCUT2D eigenvalue weighted by Gasteiger charge is 2.71. The van der Waals surface area contributed by atoms with Crippen LogP contribution in [0.3, 0.4) is 0 Å². The second-order valence-electron chi connectivity index (χ2n) is 14.0. The Labute approximate surface area is 239 Å². The predicted octanol–water partition coefficient (Wildman–Crippen LogP) is 6.81. The lowest BCUT2D eigenvalue weighted by Gasteiger charge is -2.74. The topological polar surface area (TPSA) is 32.5 Å². The van der Waals surface area contributed by atoms with Gasteiger partial charge in [0.05, 0.1) is 4.99 Å². The molecular formula is C33H43N3S2. The van der Waals surface area contributed by atoms with Crippen molar-refractivity contribution in [2.45, 2.75) is 81.5 Å². The third kappa shape index (κ3) is 3.78. The van der Waals surface area contributed by atoms with Gasteiger partial charge in [0, 0.05) is 42.4 Å². The van der Waals surface area contributed by atoms with Crippen molar-refractivity contribution in [1.82, 2.24) is 9.21 Å². The number of benzene rings is 2. The van der Waals surface area contributed by atoms with E-state index < -0.39 is 0 Å². The standard InChI is InChI=1S/C33H43N3S2/c1-30(2)23-35(15-13-28(30)34)29(37)32-19-26-17-31(22-32,25-11-7-4-8-12-25)18-27(20-32)33(26)14-16-36(33)38-21-24-9-5-3-6-10-24/h3-12,26-28H,13-23,34H2,1-2H3/t26?,27?,28-,31?,32?,33?/m0/s1. The molecule has 4 saturated carbocycles. The zero-order valence-corrected chi connectivity index (χ0v) is 24.7. The Hall–Kier alpha value is -1.40. The molecule has 6 fully saturated rings. The van der Waals surface area contributed by atoms with Gasteiger partial charge in [-0.2, -0.15) is 0 Å². The number of hydrogen-bond donors (Lipinski definition) is 1. The summed E-state index contributed by atoms with van der Waals surface area (Å²) in [6.45, 7) is 7.94. The van der Waals surface area contributed by atoms with E-state index in [4.69, 9.17) is 18.0 Å². The number of nitrogens with zero attached hydrogens (tertiary/aromatic N) is 2. The van der Waals surface area contributed by atoms with Crippen molar-refractivity contribution in [2.24, 2.45) is 28.4 Å². The van der Waals surface area contributed by atoms with Crippen LogP contribution in [0.15, 0.2) is 60.7 Å². The van der Waals surface area contributed by atoms with Crippen molar-refractivity contribution >= 4 is 29.2 Å². The van der Waals surface area contributed by atoms with Crippen LogP contribution in [-0.4, -0.2) is 45.4 Å². The molecule has 2 unspecified atom stereocenters. The van der Waals surface area contributed by atoms with Gasteiger partial charge in [-0.3, -0.25) is 0 Å². The molecule has 3 nitrogen and oxygen atoms in total. The molecule has 5 heteroatoms. The molecule has 3 atom stereocenters. The Morgan fingerprint density at radius 3 is 2.21 bits per heavy atom. The van der Waals surface area contributed by atoms with Crippen LogP contribution in [0.25, 0.3) is 0 Å². The molecule has 6 aliphatic rings. The van der Waals surface area contributed by atoms with Crippen LogP contribution in [-0.2, 0) is 11.2 Å². The van der Waals surface area contributed by atoms with Crippen molar-refractivity contribution < 1.29 is 0 Å². The number of rotatable bonds is 5. The SMILES string of the molecule is CC1(C)CN(C(=S)C23CC4CC(c5ccccc5)(CC(C2)C42CCN2SCc2ccccc2)C3)CC[C@@H]1N. The maximum absolute atomic E-state index is 6.55. The van der Waals surface area contributed by atoms with Crippen LogP contribution in [0.2, 0.25) is 0 Å². The van der Waals surface area contributed by atoms with Gasteiger partial charge in [0.2, 0.25) is 0 Å². The summed E-state index contributed by atoms with van der Waals surface area (Å²) in [5, 5.41) is 0. The Morgan fingerprint density at radius 2 is 1.61 bits per heavy atom. The van der Waals surface area contributed by atoms with E-state index >= 15 is 0 Å². The first-order valence-corrected chi connectivity index (χ1v) is 16.2. The molecule has 2 heterocycles. The number of piperidine rings is 1. The molecule has 1 spiro atoms. The van der Waals surface area contributed by atoms with Crippen molar-refractivity contribution in [2.75, 3.05) is 19.6 Å². The maximum atomic E-state index is 6.55. The van der Waals surface area contributed by atoms with Gasteiger partial charge in [0.1, 0.15) is 0 Å². The van der Waals surface area contributed by atoms with Crippen LogP contribution >= 0.6 is 24.2 Å². The third-order valence-corrected chi connectivity index (χ3v) is 13.5. The average Bonchev–Trinajstić information content (AvgIpc) is 2.90. The normalized spacial score (nSPS) is 39.3. The lowest BCUT2D eigenvalue weighted by molar-refractivity contribution is -0.174. The second kappa shape index (κ2) is 9.06. The van der Waals surface area contributed by atoms with Crippen LogP contribution in [0, 0.1) is 22.7 Å². The van der Waals surface area contributed by atoms with Gasteiger partial charge in [-0.05, 0) is 78.7 Å². The summed E-state index contributed by atoms with van der Waals surface area (Å²) in [6.07, 6.45) is 8.88. The summed E-state index contributed by atoms with van der Waals surface area (Å²) in [5.74, 6) is 2.52. The van der Waals surface area contributed by atoms with E-state index in [9.17, 15) is 0 Å². The minimum Gasteiger partial charge on any atom is -0.365 e. The number of nitrogens with two attached hydrogens (primary N) is 1. The van der Waals surface area contributed by atoms with Gasteiger partial charge in [-0.1, -0.05) is 98.7 Å². The van der Waals surface area contributed by atoms with E-state index in [1.165, 1.54) is 55.6 Å². The highest BCUT2D eigenvalue weighted by Crippen LogP contribution is 2.73.